The Morgan fingerprint density at radius 3 is 2.91 bits per heavy atom. The Morgan fingerprint density at radius 2 is 2.14 bits per heavy atom. The molecule has 2 amide bonds. The monoisotopic (exact) mass is 295 g/mol. The highest BCUT2D eigenvalue weighted by Gasteiger charge is 2.20. The van der Waals surface area contributed by atoms with Crippen molar-refractivity contribution in [3.63, 3.8) is 0 Å². The Morgan fingerprint density at radius 1 is 1.23 bits per heavy atom. The molecule has 2 aromatic rings. The summed E-state index contributed by atoms with van der Waals surface area (Å²) in [5.74, 6) is 0.768. The van der Waals surface area contributed by atoms with Gasteiger partial charge in [0.15, 0.2) is 0 Å². The van der Waals surface area contributed by atoms with E-state index in [9.17, 15) is 4.79 Å². The summed E-state index contributed by atoms with van der Waals surface area (Å²) < 4.78 is 6.03. The topological polar surface area (TPSA) is 88.3 Å². The Balaban J connectivity index is 1.80. The maximum absolute atomic E-state index is 11.1. The fourth-order valence-corrected chi connectivity index (χ4v) is 2.59. The molecular weight excluding hydrogens is 282 g/mol. The maximum atomic E-state index is 11.1. The van der Waals surface area contributed by atoms with Gasteiger partial charge in [-0.05, 0) is 30.5 Å². The highest BCUT2D eigenvalue weighted by atomic mass is 16.5. The molecule has 3 heterocycles. The Kier molecular flexibility index (Phi) is 3.12. The van der Waals surface area contributed by atoms with Crippen LogP contribution in [0.15, 0.2) is 45.6 Å². The van der Waals surface area contributed by atoms with Crippen LogP contribution >= 0.6 is 0 Å². The summed E-state index contributed by atoms with van der Waals surface area (Å²) in [4.78, 5) is 19.4. The van der Waals surface area contributed by atoms with Crippen LogP contribution in [0.5, 0.6) is 5.88 Å². The van der Waals surface area contributed by atoms with Gasteiger partial charge in [-0.2, -0.15) is 4.99 Å². The number of benzene rings is 1. The normalized spacial score (nSPS) is 20.6. The first-order valence-electron chi connectivity index (χ1n) is 7.11. The number of hydrogen-bond donors (Lipinski definition) is 1. The molecule has 7 nitrogen and oxygen atoms in total. The Bertz CT molecular complexity index is 809. The summed E-state index contributed by atoms with van der Waals surface area (Å²) in [5, 5.41) is 12.3. The van der Waals surface area contributed by atoms with Gasteiger partial charge in [0.05, 0.1) is 0 Å². The van der Waals surface area contributed by atoms with E-state index in [-0.39, 0.29) is 11.9 Å². The first-order valence-corrected chi connectivity index (χ1v) is 7.11. The van der Waals surface area contributed by atoms with Crippen LogP contribution in [0.1, 0.15) is 12.1 Å². The first kappa shape index (κ1) is 13.0. The smallest absolute Gasteiger partial charge is 0.387 e. The van der Waals surface area contributed by atoms with Crippen molar-refractivity contribution in [2.45, 2.75) is 12.5 Å². The molecule has 0 spiro atoms. The number of fused-ring (bicyclic) bond motifs is 1. The molecule has 2 aliphatic heterocycles. The van der Waals surface area contributed by atoms with Crippen molar-refractivity contribution in [2.24, 2.45) is 15.2 Å². The summed E-state index contributed by atoms with van der Waals surface area (Å²) in [6.07, 6.45) is 1.04. The summed E-state index contributed by atoms with van der Waals surface area (Å²) in [6.45, 7) is 1.75. The zero-order valence-corrected chi connectivity index (χ0v) is 11.7. The van der Waals surface area contributed by atoms with Gasteiger partial charge >= 0.3 is 6.03 Å². The van der Waals surface area contributed by atoms with Crippen LogP contribution in [0.4, 0.5) is 4.79 Å². The van der Waals surface area contributed by atoms with Crippen LogP contribution in [0, 0.1) is 0 Å². The lowest BCUT2D eigenvalue weighted by Crippen LogP contribution is -2.20. The van der Waals surface area contributed by atoms with Crippen molar-refractivity contribution in [2.75, 3.05) is 13.1 Å². The van der Waals surface area contributed by atoms with E-state index in [2.05, 4.69) is 25.5 Å². The van der Waals surface area contributed by atoms with Crippen LogP contribution in [0.2, 0.25) is 0 Å². The maximum Gasteiger partial charge on any atom is 0.387 e. The van der Waals surface area contributed by atoms with Crippen molar-refractivity contribution in [1.82, 2.24) is 10.3 Å². The highest BCUT2D eigenvalue weighted by Crippen LogP contribution is 2.27. The molecule has 1 fully saturated rings. The molecule has 1 aromatic heterocycles. The second-order valence-corrected chi connectivity index (χ2v) is 5.18. The van der Waals surface area contributed by atoms with E-state index in [0.29, 0.717) is 11.6 Å². The number of aliphatic imine (C=N–C) groups is 1. The van der Waals surface area contributed by atoms with E-state index >= 15 is 0 Å². The number of aromatic nitrogens is 1. The fourth-order valence-electron chi connectivity index (χ4n) is 2.59. The molecular formula is C15H13N5O2. The summed E-state index contributed by atoms with van der Waals surface area (Å²) in [7, 11) is 0. The predicted octanol–water partition coefficient (Wildman–Crippen LogP) is 2.31. The highest BCUT2D eigenvalue weighted by molar-refractivity contribution is 6.09. The van der Waals surface area contributed by atoms with E-state index in [4.69, 9.17) is 4.74 Å². The van der Waals surface area contributed by atoms with Crippen molar-refractivity contribution < 1.29 is 9.53 Å². The molecule has 1 unspecified atom stereocenters. The van der Waals surface area contributed by atoms with Crippen LogP contribution in [-0.2, 0) is 0 Å². The summed E-state index contributed by atoms with van der Waals surface area (Å²) in [6, 6.07) is 9.05. The lowest BCUT2D eigenvalue weighted by molar-refractivity contribution is 0.217. The SMILES string of the molecule is O=C1N=NC(c2cc3ccccc3c(OC3CCNC3)n2)=N1. The quantitative estimate of drug-likeness (QED) is 0.941. The molecule has 1 saturated heterocycles. The van der Waals surface area contributed by atoms with Gasteiger partial charge in [-0.25, -0.2) is 9.78 Å². The molecule has 0 saturated carbocycles. The van der Waals surface area contributed by atoms with E-state index in [1.54, 1.807) is 0 Å². The predicted molar refractivity (Wildman–Crippen MR) is 80.4 cm³/mol. The van der Waals surface area contributed by atoms with Gasteiger partial charge < -0.3 is 10.1 Å². The van der Waals surface area contributed by atoms with Gasteiger partial charge in [0.1, 0.15) is 11.8 Å². The number of nitrogens with one attached hydrogen (secondary N) is 1. The molecule has 0 bridgehead atoms. The van der Waals surface area contributed by atoms with Crippen molar-refractivity contribution in [3.8, 4) is 5.88 Å². The number of ether oxygens (including phenoxy) is 1. The fraction of sp³-hybridized carbons (Fsp3) is 0.267. The minimum Gasteiger partial charge on any atom is -0.472 e. The van der Waals surface area contributed by atoms with Crippen LogP contribution in [-0.4, -0.2) is 36.0 Å². The molecule has 1 atom stereocenters. The number of amidine groups is 1. The van der Waals surface area contributed by atoms with Crippen LogP contribution < -0.4 is 10.1 Å². The molecule has 110 valence electrons. The van der Waals surface area contributed by atoms with Crippen molar-refractivity contribution >= 4 is 22.6 Å². The zero-order chi connectivity index (χ0) is 14.9. The van der Waals surface area contributed by atoms with E-state index in [1.165, 1.54) is 0 Å². The largest absolute Gasteiger partial charge is 0.472 e. The number of pyridine rings is 1. The molecule has 1 N–H and O–H groups in total. The zero-order valence-electron chi connectivity index (χ0n) is 11.7. The van der Waals surface area contributed by atoms with Gasteiger partial charge in [0.25, 0.3) is 0 Å². The third kappa shape index (κ3) is 2.35. The number of carbonyl (C=O) groups is 1. The second kappa shape index (κ2) is 5.27. The number of hydrogen-bond acceptors (Lipinski definition) is 5. The average molecular weight is 295 g/mol. The van der Waals surface area contributed by atoms with Gasteiger partial charge in [0, 0.05) is 11.9 Å². The average Bonchev–Trinajstić information content (AvgIpc) is 3.19. The van der Waals surface area contributed by atoms with E-state index < -0.39 is 6.03 Å². The molecule has 0 aliphatic carbocycles. The number of amides is 2. The van der Waals surface area contributed by atoms with Crippen molar-refractivity contribution in [3.05, 3.63) is 36.0 Å². The molecule has 2 aliphatic rings. The van der Waals surface area contributed by atoms with E-state index in [1.807, 2.05) is 30.3 Å². The molecule has 7 heteroatoms. The van der Waals surface area contributed by atoms with Crippen LogP contribution in [0.25, 0.3) is 10.8 Å². The third-order valence-electron chi connectivity index (χ3n) is 3.66. The number of carbonyl (C=O) groups excluding carboxylic acids is 1. The minimum atomic E-state index is -0.604. The van der Waals surface area contributed by atoms with E-state index in [0.717, 1.165) is 30.3 Å². The lowest BCUT2D eigenvalue weighted by Gasteiger charge is -2.14. The third-order valence-corrected chi connectivity index (χ3v) is 3.66. The summed E-state index contributed by atoms with van der Waals surface area (Å²) in [5.41, 5.74) is 0.495. The summed E-state index contributed by atoms with van der Waals surface area (Å²) >= 11 is 0. The van der Waals surface area contributed by atoms with Gasteiger partial charge in [-0.15, -0.1) is 5.11 Å². The number of urea groups is 1. The van der Waals surface area contributed by atoms with Gasteiger partial charge in [0.2, 0.25) is 11.7 Å². The first-order chi connectivity index (χ1) is 10.8. The Hall–Kier alpha value is -2.67. The lowest BCUT2D eigenvalue weighted by atomic mass is 10.1. The van der Waals surface area contributed by atoms with Gasteiger partial charge in [-0.3, -0.25) is 0 Å². The van der Waals surface area contributed by atoms with Crippen molar-refractivity contribution in [1.29, 1.82) is 0 Å². The Labute approximate surface area is 126 Å². The standard InChI is InChI=1S/C15H13N5O2/c21-15-18-13(19-20-15)12-7-9-3-1-2-4-11(9)14(17-12)22-10-5-6-16-8-10/h1-4,7,10,16H,5-6,8H2. The second-order valence-electron chi connectivity index (χ2n) is 5.18. The molecule has 0 radical (unpaired) electrons. The number of rotatable bonds is 3. The molecule has 22 heavy (non-hydrogen) atoms. The van der Waals surface area contributed by atoms with Crippen LogP contribution in [0.3, 0.4) is 0 Å². The minimum absolute atomic E-state index is 0.0972. The number of nitrogens with zero attached hydrogens (tertiary/aromatic N) is 4. The molecule has 4 rings (SSSR count). The van der Waals surface area contributed by atoms with Gasteiger partial charge in [-0.1, -0.05) is 23.3 Å². The number of azo groups is 1. The molecule has 1 aromatic carbocycles.